The molecular formula is C11H12N4O. The molecule has 0 fully saturated rings. The van der Waals surface area contributed by atoms with E-state index in [0.717, 1.165) is 11.2 Å². The van der Waals surface area contributed by atoms with E-state index in [9.17, 15) is 4.79 Å². The molecule has 0 bridgehead atoms. The Morgan fingerprint density at radius 3 is 2.69 bits per heavy atom. The number of hydrogen-bond donors (Lipinski definition) is 0. The lowest BCUT2D eigenvalue weighted by Gasteiger charge is -2.10. The van der Waals surface area contributed by atoms with Gasteiger partial charge in [-0.3, -0.25) is 9.78 Å². The number of hydrogen-bond acceptors (Lipinski definition) is 4. The SMILES string of the molecule is Cc1ncnc2cc(C(=O)N(C)C)cnc12. The Morgan fingerprint density at radius 1 is 1.25 bits per heavy atom. The summed E-state index contributed by atoms with van der Waals surface area (Å²) >= 11 is 0. The van der Waals surface area contributed by atoms with E-state index in [4.69, 9.17) is 0 Å². The van der Waals surface area contributed by atoms with E-state index in [0.29, 0.717) is 11.1 Å². The molecule has 0 atom stereocenters. The Hall–Kier alpha value is -2.04. The quantitative estimate of drug-likeness (QED) is 0.714. The zero-order valence-electron chi connectivity index (χ0n) is 9.43. The number of carbonyl (C=O) groups is 1. The zero-order valence-corrected chi connectivity index (χ0v) is 9.43. The van der Waals surface area contributed by atoms with Crippen LogP contribution in [0.25, 0.3) is 11.0 Å². The topological polar surface area (TPSA) is 59.0 Å². The van der Waals surface area contributed by atoms with E-state index in [-0.39, 0.29) is 5.91 Å². The Balaban J connectivity index is 2.57. The number of carbonyl (C=O) groups excluding carboxylic acids is 1. The molecule has 0 aromatic carbocycles. The average Bonchev–Trinajstić information content (AvgIpc) is 2.28. The van der Waals surface area contributed by atoms with Gasteiger partial charge in [-0.1, -0.05) is 0 Å². The molecular weight excluding hydrogens is 204 g/mol. The number of aromatic nitrogens is 3. The van der Waals surface area contributed by atoms with E-state index in [2.05, 4.69) is 15.0 Å². The molecule has 5 nitrogen and oxygen atoms in total. The predicted molar refractivity (Wildman–Crippen MR) is 60.1 cm³/mol. The van der Waals surface area contributed by atoms with Crippen molar-refractivity contribution in [3.05, 3.63) is 29.8 Å². The molecule has 0 aliphatic carbocycles. The smallest absolute Gasteiger partial charge is 0.254 e. The normalized spacial score (nSPS) is 10.4. The highest BCUT2D eigenvalue weighted by Crippen LogP contribution is 2.13. The molecule has 82 valence electrons. The maximum absolute atomic E-state index is 11.7. The van der Waals surface area contributed by atoms with Gasteiger partial charge >= 0.3 is 0 Å². The van der Waals surface area contributed by atoms with Gasteiger partial charge < -0.3 is 4.90 Å². The fraction of sp³-hybridized carbons (Fsp3) is 0.273. The van der Waals surface area contributed by atoms with Gasteiger partial charge in [0.15, 0.2) is 0 Å². The lowest BCUT2D eigenvalue weighted by Crippen LogP contribution is -2.21. The molecule has 0 aliphatic rings. The fourth-order valence-corrected chi connectivity index (χ4v) is 1.44. The molecule has 16 heavy (non-hydrogen) atoms. The van der Waals surface area contributed by atoms with E-state index >= 15 is 0 Å². The molecule has 2 heterocycles. The van der Waals surface area contributed by atoms with Gasteiger partial charge in [-0.15, -0.1) is 0 Å². The number of fused-ring (bicyclic) bond motifs is 1. The molecule has 1 amide bonds. The molecule has 0 saturated heterocycles. The second-order valence-electron chi connectivity index (χ2n) is 3.75. The summed E-state index contributed by atoms with van der Waals surface area (Å²) in [6.07, 6.45) is 3.03. The number of amides is 1. The lowest BCUT2D eigenvalue weighted by molar-refractivity contribution is 0.0827. The molecule has 0 unspecified atom stereocenters. The predicted octanol–water partition coefficient (Wildman–Crippen LogP) is 1.04. The monoisotopic (exact) mass is 216 g/mol. The maximum Gasteiger partial charge on any atom is 0.254 e. The van der Waals surface area contributed by atoms with E-state index in [1.165, 1.54) is 11.2 Å². The van der Waals surface area contributed by atoms with Gasteiger partial charge in [0, 0.05) is 20.3 Å². The molecule has 0 saturated carbocycles. The van der Waals surface area contributed by atoms with Crippen LogP contribution in [0.5, 0.6) is 0 Å². The van der Waals surface area contributed by atoms with Gasteiger partial charge in [-0.05, 0) is 13.0 Å². The summed E-state index contributed by atoms with van der Waals surface area (Å²) in [6, 6.07) is 1.74. The number of aryl methyl sites for hydroxylation is 1. The van der Waals surface area contributed by atoms with Gasteiger partial charge in [0.05, 0.1) is 16.8 Å². The lowest BCUT2D eigenvalue weighted by atomic mass is 10.2. The van der Waals surface area contributed by atoms with Crippen molar-refractivity contribution >= 4 is 16.9 Å². The molecule has 0 spiro atoms. The summed E-state index contributed by atoms with van der Waals surface area (Å²) in [7, 11) is 3.41. The first kappa shape index (κ1) is 10.5. The van der Waals surface area contributed by atoms with Crippen LogP contribution in [0, 0.1) is 6.92 Å². The number of pyridine rings is 1. The van der Waals surface area contributed by atoms with Crippen molar-refractivity contribution in [1.29, 1.82) is 0 Å². The van der Waals surface area contributed by atoms with Gasteiger partial charge in [-0.25, -0.2) is 9.97 Å². The van der Waals surface area contributed by atoms with Crippen LogP contribution < -0.4 is 0 Å². The van der Waals surface area contributed by atoms with Gasteiger partial charge in [0.25, 0.3) is 5.91 Å². The number of nitrogens with zero attached hydrogens (tertiary/aromatic N) is 4. The highest BCUT2D eigenvalue weighted by atomic mass is 16.2. The van der Waals surface area contributed by atoms with Crippen molar-refractivity contribution in [3.8, 4) is 0 Å². The molecule has 0 radical (unpaired) electrons. The highest BCUT2D eigenvalue weighted by molar-refractivity contribution is 5.96. The Labute approximate surface area is 93.2 Å². The summed E-state index contributed by atoms with van der Waals surface area (Å²) < 4.78 is 0. The minimum atomic E-state index is -0.0781. The molecule has 0 N–H and O–H groups in total. The summed E-state index contributed by atoms with van der Waals surface area (Å²) in [5, 5.41) is 0. The largest absolute Gasteiger partial charge is 0.345 e. The molecule has 2 aromatic rings. The van der Waals surface area contributed by atoms with Crippen molar-refractivity contribution in [2.75, 3.05) is 14.1 Å². The third-order valence-electron chi connectivity index (χ3n) is 2.31. The summed E-state index contributed by atoms with van der Waals surface area (Å²) in [5.41, 5.74) is 2.78. The zero-order chi connectivity index (χ0) is 11.7. The fourth-order valence-electron chi connectivity index (χ4n) is 1.44. The Kier molecular flexibility index (Phi) is 2.52. The van der Waals surface area contributed by atoms with Crippen molar-refractivity contribution < 1.29 is 4.79 Å². The van der Waals surface area contributed by atoms with Crippen molar-refractivity contribution in [2.45, 2.75) is 6.92 Å². The van der Waals surface area contributed by atoms with Gasteiger partial charge in [0.2, 0.25) is 0 Å². The van der Waals surface area contributed by atoms with Crippen LogP contribution in [0.3, 0.4) is 0 Å². The Morgan fingerprint density at radius 2 is 2.00 bits per heavy atom. The first-order chi connectivity index (χ1) is 7.59. The molecule has 0 aliphatic heterocycles. The van der Waals surface area contributed by atoms with Gasteiger partial charge in [-0.2, -0.15) is 0 Å². The molecule has 2 rings (SSSR count). The second kappa shape index (κ2) is 3.84. The van der Waals surface area contributed by atoms with E-state index in [1.54, 1.807) is 26.4 Å². The van der Waals surface area contributed by atoms with Crippen LogP contribution in [0.15, 0.2) is 18.6 Å². The van der Waals surface area contributed by atoms with Crippen LogP contribution in [0.1, 0.15) is 16.1 Å². The average molecular weight is 216 g/mol. The summed E-state index contributed by atoms with van der Waals surface area (Å²) in [6.45, 7) is 1.87. The second-order valence-corrected chi connectivity index (χ2v) is 3.75. The van der Waals surface area contributed by atoms with Crippen LogP contribution in [0.2, 0.25) is 0 Å². The van der Waals surface area contributed by atoms with Crippen LogP contribution in [-0.2, 0) is 0 Å². The molecule has 5 heteroatoms. The van der Waals surface area contributed by atoms with Crippen molar-refractivity contribution in [3.63, 3.8) is 0 Å². The third-order valence-corrected chi connectivity index (χ3v) is 2.31. The standard InChI is InChI=1S/C11H12N4O/c1-7-10-9(14-6-13-7)4-8(5-12-10)11(16)15(2)3/h4-6H,1-3H3. The van der Waals surface area contributed by atoms with Crippen LogP contribution in [-0.4, -0.2) is 39.9 Å². The maximum atomic E-state index is 11.7. The van der Waals surface area contributed by atoms with E-state index in [1.807, 2.05) is 6.92 Å². The first-order valence-corrected chi connectivity index (χ1v) is 4.88. The highest BCUT2D eigenvalue weighted by Gasteiger charge is 2.10. The van der Waals surface area contributed by atoms with Crippen molar-refractivity contribution in [2.24, 2.45) is 0 Å². The number of rotatable bonds is 1. The minimum Gasteiger partial charge on any atom is -0.345 e. The third kappa shape index (κ3) is 1.71. The summed E-state index contributed by atoms with van der Waals surface area (Å²) in [5.74, 6) is -0.0781. The van der Waals surface area contributed by atoms with Crippen LogP contribution >= 0.6 is 0 Å². The minimum absolute atomic E-state index is 0.0781. The Bertz CT molecular complexity index is 551. The van der Waals surface area contributed by atoms with Crippen LogP contribution in [0.4, 0.5) is 0 Å². The first-order valence-electron chi connectivity index (χ1n) is 4.88. The van der Waals surface area contributed by atoms with Gasteiger partial charge in [0.1, 0.15) is 11.8 Å². The molecule has 2 aromatic heterocycles. The van der Waals surface area contributed by atoms with Crippen molar-refractivity contribution in [1.82, 2.24) is 19.9 Å². The van der Waals surface area contributed by atoms with E-state index < -0.39 is 0 Å². The summed E-state index contributed by atoms with van der Waals surface area (Å²) in [4.78, 5) is 25.6.